The number of sulfone groups is 1. The molecule has 8 rings (SSSR count). The fourth-order valence-electron chi connectivity index (χ4n) is 10.3. The molecule has 20 heteroatoms. The molecule has 2 fully saturated rings. The van der Waals surface area contributed by atoms with Crippen LogP contribution in [0.4, 0.5) is 30.2 Å². The molecule has 3 heterocycles. The van der Waals surface area contributed by atoms with Crippen molar-refractivity contribution in [2.75, 3.05) is 86.8 Å². The number of anilines is 3. The van der Waals surface area contributed by atoms with E-state index in [2.05, 4.69) is 66.8 Å². The molecule has 2 unspecified atom stereocenters. The molecule has 4 aliphatic rings. The average Bonchev–Trinajstić information content (AvgIpc) is 3.33. The van der Waals surface area contributed by atoms with E-state index in [1.807, 2.05) is 52.1 Å². The molecule has 73 heavy (non-hydrogen) atoms. The van der Waals surface area contributed by atoms with Crippen LogP contribution in [-0.2, 0) is 24.7 Å². The number of hydrogen-bond donors (Lipinski definition) is 2. The third-order valence-electron chi connectivity index (χ3n) is 14.5. The zero-order chi connectivity index (χ0) is 52.7. The average molecular weight is 1080 g/mol. The minimum atomic E-state index is -6.12. The predicted molar refractivity (Wildman–Crippen MR) is 285 cm³/mol. The highest BCUT2D eigenvalue weighted by Gasteiger charge is 2.49. The Bertz CT molecular complexity index is 2950. The molecule has 0 spiro atoms. The number of alkyl halides is 3. The third-order valence-corrected chi connectivity index (χ3v) is 18.8. The maximum atomic E-state index is 14.4. The van der Waals surface area contributed by atoms with Gasteiger partial charge in [0.15, 0.2) is 0 Å². The molecule has 0 radical (unpaired) electrons. The lowest BCUT2D eigenvalue weighted by molar-refractivity contribution is -0.120. The van der Waals surface area contributed by atoms with Crippen LogP contribution < -0.4 is 19.8 Å². The number of halogens is 4. The minimum Gasteiger partial charge on any atom is -0.380 e. The molecule has 0 aromatic heterocycles. The Morgan fingerprint density at radius 2 is 1.55 bits per heavy atom. The number of carbonyl (C=O) groups excluding carboxylic acids is 2. The normalized spacial score (nSPS) is 19.9. The fourth-order valence-corrected chi connectivity index (χ4v) is 13.5. The first-order chi connectivity index (χ1) is 34.3. The second-order valence-corrected chi connectivity index (χ2v) is 26.4. The van der Waals surface area contributed by atoms with Gasteiger partial charge in [-0.3, -0.25) is 19.4 Å². The number of rotatable bonds is 15. The Labute approximate surface area is 437 Å². The van der Waals surface area contributed by atoms with Gasteiger partial charge in [-0.2, -0.15) is 13.2 Å². The number of piperazine rings is 2. The van der Waals surface area contributed by atoms with Crippen LogP contribution in [0.1, 0.15) is 76.2 Å². The van der Waals surface area contributed by atoms with Gasteiger partial charge in [-0.15, -0.1) is 11.8 Å². The number of carbonyl (C=O) groups is 2. The first kappa shape index (κ1) is 54.6. The second-order valence-electron chi connectivity index (χ2n) is 21.3. The Kier molecular flexibility index (Phi) is 16.1. The van der Waals surface area contributed by atoms with Crippen molar-refractivity contribution in [1.29, 1.82) is 0 Å². The van der Waals surface area contributed by atoms with E-state index in [4.69, 9.17) is 11.6 Å². The molecular weight excluding hydrogens is 1020 g/mol. The summed E-state index contributed by atoms with van der Waals surface area (Å²) >= 11 is 7.68. The van der Waals surface area contributed by atoms with Crippen LogP contribution in [0.15, 0.2) is 111 Å². The molecule has 0 saturated carbocycles. The molecule has 1 aliphatic carbocycles. The molecule has 2 atom stereocenters. The SMILES string of the molecule is CN1C(=O)C2CN(CC3=C(c4ccc(Cl)cc4)CCC(C)(C)C3)CCN2c2ccc(C(=O)NS(=O)(=O)c3ccc(NC(CCN4CCN(C(C)(C)C)CC4)CSc4ccccc4)c(S(=O)(=O)C(F)(F)F)c3)cc21. The summed E-state index contributed by atoms with van der Waals surface area (Å²) in [4.78, 5) is 37.1. The number of fused-ring (bicyclic) bond motifs is 3. The first-order valence-corrected chi connectivity index (χ1v) is 28.9. The number of likely N-dealkylation sites (N-methyl/N-ethyl adjacent to an activating group) is 1. The maximum Gasteiger partial charge on any atom is 0.501 e. The summed E-state index contributed by atoms with van der Waals surface area (Å²) in [5.41, 5.74) is -1.34. The quantitative estimate of drug-likeness (QED) is 0.110. The van der Waals surface area contributed by atoms with Crippen molar-refractivity contribution in [3.63, 3.8) is 0 Å². The van der Waals surface area contributed by atoms with Gasteiger partial charge >= 0.3 is 5.51 Å². The zero-order valence-electron chi connectivity index (χ0n) is 42.1. The van der Waals surface area contributed by atoms with Crippen LogP contribution in [0.5, 0.6) is 0 Å². The number of nitrogens with one attached hydrogen (secondary N) is 2. The van der Waals surface area contributed by atoms with Gasteiger partial charge in [0.25, 0.3) is 31.7 Å². The van der Waals surface area contributed by atoms with E-state index in [1.54, 1.807) is 13.1 Å². The molecule has 3 aliphatic heterocycles. The third kappa shape index (κ3) is 12.6. The molecule has 4 aromatic carbocycles. The van der Waals surface area contributed by atoms with Crippen molar-refractivity contribution in [1.82, 2.24) is 19.4 Å². The molecule has 13 nitrogen and oxygen atoms in total. The highest BCUT2D eigenvalue weighted by atomic mass is 35.5. The molecule has 394 valence electrons. The fraction of sp³-hybridized carbons (Fsp3) is 0.472. The molecule has 2 N–H and O–H groups in total. The van der Waals surface area contributed by atoms with E-state index in [0.29, 0.717) is 67.4 Å². The molecular formula is C53H65ClF3N7O6S3. The number of hydrogen-bond acceptors (Lipinski definition) is 12. The molecule has 2 saturated heterocycles. The molecule has 2 amide bonds. The zero-order valence-corrected chi connectivity index (χ0v) is 45.3. The number of benzene rings is 4. The monoisotopic (exact) mass is 1080 g/mol. The van der Waals surface area contributed by atoms with Gasteiger partial charge < -0.3 is 20.0 Å². The van der Waals surface area contributed by atoms with E-state index < -0.39 is 58.8 Å². The summed E-state index contributed by atoms with van der Waals surface area (Å²) in [6.45, 7) is 17.2. The number of thioether (sulfide) groups is 1. The van der Waals surface area contributed by atoms with Crippen molar-refractivity contribution < 1.29 is 39.6 Å². The standard InChI is InChI=1S/C53H65ClF3N7O6S3/c1-51(2,3)63-27-24-61(25-28-63)23-21-40(35-71-41-10-8-7-9-11-41)58-44-18-17-42(31-48(44)72(67,68)53(55,56)57)73(69,70)59-49(65)37-14-19-45-46(30-37)60(6)50(66)47-34-62(26-29-64(45)47)33-38-32-52(4,5)22-20-43(38)36-12-15-39(54)16-13-36/h7-19,30-31,40,47,58H,20-29,32-35H2,1-6H3,(H,59,65). The smallest absolute Gasteiger partial charge is 0.380 e. The van der Waals surface area contributed by atoms with Gasteiger partial charge in [-0.25, -0.2) is 21.6 Å². The summed E-state index contributed by atoms with van der Waals surface area (Å²) < 4.78 is 99.5. The minimum absolute atomic E-state index is 0.00378. The van der Waals surface area contributed by atoms with Crippen LogP contribution in [-0.4, -0.2) is 138 Å². The topological polar surface area (TPSA) is 143 Å². The maximum absolute atomic E-state index is 14.4. The van der Waals surface area contributed by atoms with Crippen LogP contribution in [0.2, 0.25) is 5.02 Å². The van der Waals surface area contributed by atoms with E-state index in [-0.39, 0.29) is 22.4 Å². The van der Waals surface area contributed by atoms with Crippen LogP contribution in [0.3, 0.4) is 0 Å². The second kappa shape index (κ2) is 21.5. The van der Waals surface area contributed by atoms with Gasteiger partial charge in [0.2, 0.25) is 0 Å². The summed E-state index contributed by atoms with van der Waals surface area (Å²) in [5, 5.41) is 3.72. The summed E-state index contributed by atoms with van der Waals surface area (Å²) in [5.74, 6) is -0.972. The summed E-state index contributed by atoms with van der Waals surface area (Å²) in [6.07, 6.45) is 3.37. The van der Waals surface area contributed by atoms with Crippen LogP contribution in [0, 0.1) is 5.41 Å². The van der Waals surface area contributed by atoms with Gasteiger partial charge in [0.05, 0.1) is 22.0 Å². The summed E-state index contributed by atoms with van der Waals surface area (Å²) in [7, 11) is -9.48. The summed E-state index contributed by atoms with van der Waals surface area (Å²) in [6, 6.07) is 23.2. The Morgan fingerprint density at radius 3 is 2.22 bits per heavy atom. The predicted octanol–water partition coefficient (Wildman–Crippen LogP) is 9.26. The lowest BCUT2D eigenvalue weighted by Crippen LogP contribution is -2.62. The largest absolute Gasteiger partial charge is 0.501 e. The van der Waals surface area contributed by atoms with E-state index >= 15 is 0 Å². The van der Waals surface area contributed by atoms with Gasteiger partial charge in [0, 0.05) is 98.8 Å². The van der Waals surface area contributed by atoms with Crippen molar-refractivity contribution in [2.45, 2.75) is 98.1 Å². The molecule has 0 bridgehead atoms. The number of sulfonamides is 1. The number of nitrogens with zero attached hydrogens (tertiary/aromatic N) is 5. The lowest BCUT2D eigenvalue weighted by atomic mass is 9.72. The van der Waals surface area contributed by atoms with Crippen molar-refractivity contribution in [3.8, 4) is 0 Å². The van der Waals surface area contributed by atoms with Crippen LogP contribution in [0.25, 0.3) is 5.57 Å². The Balaban J connectivity index is 0.988. The highest BCUT2D eigenvalue weighted by Crippen LogP contribution is 2.44. The van der Waals surface area contributed by atoms with E-state index in [0.717, 1.165) is 68.0 Å². The van der Waals surface area contributed by atoms with Crippen molar-refractivity contribution in [2.24, 2.45) is 5.41 Å². The van der Waals surface area contributed by atoms with Gasteiger partial charge in [-0.05, 0) is 124 Å². The van der Waals surface area contributed by atoms with Crippen molar-refractivity contribution in [3.05, 3.63) is 113 Å². The first-order valence-electron chi connectivity index (χ1n) is 24.6. The number of amides is 2. The van der Waals surface area contributed by atoms with E-state index in [1.165, 1.54) is 39.9 Å². The number of allylic oxidation sites excluding steroid dienone is 1. The van der Waals surface area contributed by atoms with Crippen LogP contribution >= 0.6 is 23.4 Å². The Hall–Kier alpha value is -4.63. The van der Waals surface area contributed by atoms with Crippen molar-refractivity contribution >= 4 is 77.7 Å². The van der Waals surface area contributed by atoms with Gasteiger partial charge in [-0.1, -0.05) is 61.4 Å². The Morgan fingerprint density at radius 1 is 0.863 bits per heavy atom. The molecule has 4 aromatic rings. The van der Waals surface area contributed by atoms with E-state index in [9.17, 15) is 39.6 Å². The lowest BCUT2D eigenvalue weighted by Gasteiger charge is -2.48. The highest BCUT2D eigenvalue weighted by molar-refractivity contribution is 7.99. The van der Waals surface area contributed by atoms with Gasteiger partial charge in [0.1, 0.15) is 10.9 Å².